The number of nitrogens with one attached hydrogen (secondary N) is 1. The number of amides is 2. The van der Waals surface area contributed by atoms with Gasteiger partial charge in [-0.3, -0.25) is 9.77 Å². The number of anilines is 1. The van der Waals surface area contributed by atoms with Crippen molar-refractivity contribution in [3.63, 3.8) is 0 Å². The molecule has 1 aromatic heterocycles. The summed E-state index contributed by atoms with van der Waals surface area (Å²) in [5, 5.41) is 16.3. The zero-order valence-electron chi connectivity index (χ0n) is 10.6. The molecule has 1 saturated heterocycles. The van der Waals surface area contributed by atoms with Crippen molar-refractivity contribution in [3.8, 4) is 0 Å². The molecule has 2 heterocycles. The molecule has 0 unspecified atom stereocenters. The summed E-state index contributed by atoms with van der Waals surface area (Å²) in [6.07, 6.45) is 2.51. The third-order valence-corrected chi connectivity index (χ3v) is 2.56. The Hall–Kier alpha value is -2.17. The van der Waals surface area contributed by atoms with E-state index in [2.05, 4.69) is 10.7 Å². The Morgan fingerprint density at radius 2 is 2.25 bits per heavy atom. The highest BCUT2D eigenvalue weighted by atomic mass is 16.5. The van der Waals surface area contributed by atoms with Crippen LogP contribution in [0.1, 0.15) is 19.1 Å². The number of primary amides is 1. The Morgan fingerprint density at radius 3 is 2.70 bits per heavy atom. The zero-order chi connectivity index (χ0) is 15.1. The van der Waals surface area contributed by atoms with Crippen molar-refractivity contribution in [1.82, 2.24) is 15.0 Å². The van der Waals surface area contributed by atoms with Crippen molar-refractivity contribution < 1.29 is 19.8 Å². The van der Waals surface area contributed by atoms with Crippen LogP contribution in [0, 0.1) is 0 Å². The zero-order valence-corrected chi connectivity index (χ0v) is 10.6. The smallest absolute Gasteiger partial charge is 0.351 e. The van der Waals surface area contributed by atoms with Crippen LogP contribution >= 0.6 is 0 Å². The number of nitrogens with two attached hydrogens (primary N) is 2. The Labute approximate surface area is 113 Å². The molecule has 1 aromatic rings. The number of hydrogen-bond acceptors (Lipinski definition) is 7. The fraction of sp³-hybridized carbons (Fsp3) is 0.500. The number of nitrogen functional groups attached to an aromatic ring is 1. The highest BCUT2D eigenvalue weighted by molar-refractivity contribution is 5.69. The molecule has 10 nitrogen and oxygen atoms in total. The van der Waals surface area contributed by atoms with Gasteiger partial charge in [-0.2, -0.15) is 4.98 Å². The third-order valence-electron chi connectivity index (χ3n) is 2.56. The van der Waals surface area contributed by atoms with Crippen LogP contribution < -0.4 is 22.6 Å². The van der Waals surface area contributed by atoms with E-state index in [0.29, 0.717) is 6.42 Å². The average Bonchev–Trinajstić information content (AvgIpc) is 2.88. The first-order valence-corrected chi connectivity index (χ1v) is 5.78. The number of aliphatic hydroxyl groups is 1. The van der Waals surface area contributed by atoms with Crippen molar-refractivity contribution in [2.75, 3.05) is 12.3 Å². The van der Waals surface area contributed by atoms with E-state index in [-0.39, 0.29) is 24.8 Å². The summed E-state index contributed by atoms with van der Waals surface area (Å²) in [5.41, 5.74) is 10.4. The highest BCUT2D eigenvalue weighted by Gasteiger charge is 2.26. The highest BCUT2D eigenvalue weighted by Crippen LogP contribution is 2.26. The minimum Gasteiger partial charge on any atom is -0.394 e. The lowest BCUT2D eigenvalue weighted by molar-refractivity contribution is -0.0245. The number of hydroxylamine groups is 1. The van der Waals surface area contributed by atoms with Gasteiger partial charge in [-0.25, -0.2) is 15.1 Å². The summed E-state index contributed by atoms with van der Waals surface area (Å²) < 4.78 is 6.84. The van der Waals surface area contributed by atoms with Crippen LogP contribution in [-0.4, -0.2) is 38.6 Å². The molecular weight excluding hydrogens is 270 g/mol. The molecule has 112 valence electrons. The van der Waals surface area contributed by atoms with Crippen LogP contribution in [0.25, 0.3) is 0 Å². The molecule has 10 heteroatoms. The summed E-state index contributed by atoms with van der Waals surface area (Å²) in [6.45, 7) is -0.0202. The number of carbonyl (C=O) groups excluding carboxylic acids is 1. The van der Waals surface area contributed by atoms with Gasteiger partial charge in [0.1, 0.15) is 12.0 Å². The van der Waals surface area contributed by atoms with E-state index in [9.17, 15) is 9.59 Å². The van der Waals surface area contributed by atoms with Gasteiger partial charge in [0.05, 0.1) is 12.7 Å². The normalized spacial score (nSPS) is 20.9. The number of aliphatic hydroxyl groups excluding tert-OH is 1. The van der Waals surface area contributed by atoms with Crippen molar-refractivity contribution in [1.29, 1.82) is 0 Å². The van der Waals surface area contributed by atoms with E-state index in [1.165, 1.54) is 10.0 Å². The number of aromatic nitrogens is 2. The predicted molar refractivity (Wildman–Crippen MR) is 67.6 cm³/mol. The lowest BCUT2D eigenvalue weighted by Crippen LogP contribution is -2.27. The van der Waals surface area contributed by atoms with E-state index >= 15 is 0 Å². The first-order chi connectivity index (χ1) is 9.47. The van der Waals surface area contributed by atoms with Gasteiger partial charge in [0, 0.05) is 6.20 Å². The number of urea groups is 1. The minimum absolute atomic E-state index is 0.0202. The monoisotopic (exact) mass is 287 g/mol. The molecule has 2 amide bonds. The largest absolute Gasteiger partial charge is 0.394 e. The molecule has 20 heavy (non-hydrogen) atoms. The summed E-state index contributed by atoms with van der Waals surface area (Å²) in [5.74, 6) is 0.202. The Kier molecular flexibility index (Phi) is 5.90. The maximum atomic E-state index is 11.5. The van der Waals surface area contributed by atoms with E-state index in [0.717, 1.165) is 6.42 Å². The van der Waals surface area contributed by atoms with Crippen LogP contribution in [0.3, 0.4) is 0 Å². The lowest BCUT2D eigenvalue weighted by Gasteiger charge is -2.14. The Morgan fingerprint density at radius 1 is 1.60 bits per heavy atom. The van der Waals surface area contributed by atoms with Gasteiger partial charge in [-0.1, -0.05) is 0 Å². The second-order valence-electron chi connectivity index (χ2n) is 3.99. The maximum Gasteiger partial charge on any atom is 0.351 e. The van der Waals surface area contributed by atoms with E-state index in [1.807, 2.05) is 0 Å². The van der Waals surface area contributed by atoms with Crippen LogP contribution in [0.2, 0.25) is 0 Å². The van der Waals surface area contributed by atoms with Gasteiger partial charge < -0.3 is 21.3 Å². The van der Waals surface area contributed by atoms with Crippen molar-refractivity contribution in [2.24, 2.45) is 5.73 Å². The summed E-state index contributed by atoms with van der Waals surface area (Å²) >= 11 is 0. The minimum atomic E-state index is -0.940. The summed E-state index contributed by atoms with van der Waals surface area (Å²) in [4.78, 5) is 24.3. The Bertz CT molecular complexity index is 505. The summed E-state index contributed by atoms with van der Waals surface area (Å²) in [7, 11) is 0. The van der Waals surface area contributed by atoms with Gasteiger partial charge in [0.25, 0.3) is 0 Å². The van der Waals surface area contributed by atoms with Gasteiger partial charge in [0.2, 0.25) is 0 Å². The van der Waals surface area contributed by atoms with Crippen LogP contribution in [0.15, 0.2) is 17.1 Å². The second-order valence-corrected chi connectivity index (χ2v) is 3.99. The van der Waals surface area contributed by atoms with Gasteiger partial charge in [-0.05, 0) is 18.9 Å². The number of ether oxygens (including phenoxy) is 1. The Balaban J connectivity index is 0.000000347. The van der Waals surface area contributed by atoms with Crippen LogP contribution in [-0.2, 0) is 4.74 Å². The fourth-order valence-electron chi connectivity index (χ4n) is 1.67. The molecule has 0 radical (unpaired) electrons. The molecule has 1 aliphatic heterocycles. The molecule has 2 rings (SSSR count). The predicted octanol–water partition coefficient (Wildman–Crippen LogP) is -1.46. The second kappa shape index (κ2) is 7.43. The van der Waals surface area contributed by atoms with Crippen molar-refractivity contribution >= 4 is 11.8 Å². The third kappa shape index (κ3) is 4.50. The molecule has 1 aliphatic rings. The van der Waals surface area contributed by atoms with E-state index < -0.39 is 11.7 Å². The van der Waals surface area contributed by atoms with E-state index in [4.69, 9.17) is 20.8 Å². The topological polar surface area (TPSA) is 166 Å². The molecule has 1 fully saturated rings. The number of rotatable bonds is 2. The van der Waals surface area contributed by atoms with Crippen LogP contribution in [0.4, 0.5) is 10.6 Å². The number of nitrogens with zero attached hydrogens (tertiary/aromatic N) is 2. The molecule has 0 aromatic carbocycles. The van der Waals surface area contributed by atoms with E-state index in [1.54, 1.807) is 12.3 Å². The molecule has 2 atom stereocenters. The van der Waals surface area contributed by atoms with Crippen molar-refractivity contribution in [3.05, 3.63) is 22.7 Å². The maximum absolute atomic E-state index is 11.5. The molecule has 0 bridgehead atoms. The first kappa shape index (κ1) is 15.9. The first-order valence-electron chi connectivity index (χ1n) is 5.78. The lowest BCUT2D eigenvalue weighted by atomic mass is 10.2. The van der Waals surface area contributed by atoms with Crippen LogP contribution in [0.5, 0.6) is 0 Å². The van der Waals surface area contributed by atoms with Gasteiger partial charge in [0.15, 0.2) is 0 Å². The average molecular weight is 287 g/mol. The van der Waals surface area contributed by atoms with Gasteiger partial charge >= 0.3 is 11.7 Å². The SMILES string of the molecule is NC(=O)NO.Nc1ccn([C@H]2CC[C@@H](CO)O2)c(=O)n1. The molecular formula is C10H17N5O5. The molecule has 0 saturated carbocycles. The summed E-state index contributed by atoms with van der Waals surface area (Å²) in [6, 6.07) is 0.613. The van der Waals surface area contributed by atoms with Crippen molar-refractivity contribution in [2.45, 2.75) is 25.2 Å². The standard InChI is InChI=1S/C9H13N3O3.CH4N2O2/c10-7-3-4-12(9(14)11-7)8-2-1-6(5-13)15-8;2-1(4)3-5/h3-4,6,8,13H,1-2,5H2,(H2,10,11,14);5H,(H3,2,3,4)/t6-,8+;/m0./s1. The number of carbonyl (C=O) groups is 1. The van der Waals surface area contributed by atoms with Gasteiger partial charge in [-0.15, -0.1) is 0 Å². The quantitative estimate of drug-likeness (QED) is 0.327. The number of hydrogen-bond donors (Lipinski definition) is 5. The fourth-order valence-corrected chi connectivity index (χ4v) is 1.67. The molecule has 0 aliphatic carbocycles. The molecule has 7 N–H and O–H groups in total. The molecule has 0 spiro atoms.